The molecule has 0 aliphatic carbocycles. The summed E-state index contributed by atoms with van der Waals surface area (Å²) in [4.78, 5) is 111. The number of phenols is 1. The van der Waals surface area contributed by atoms with Gasteiger partial charge in [0.2, 0.25) is 0 Å². The van der Waals surface area contributed by atoms with E-state index in [9.17, 15) is 49.2 Å². The molecule has 0 aliphatic rings. The van der Waals surface area contributed by atoms with E-state index < -0.39 is 87.4 Å². The molecule has 6 rings (SSSR count). The van der Waals surface area contributed by atoms with Crippen molar-refractivity contribution in [3.05, 3.63) is 186 Å². The number of carboxylic acid groups (broad SMARTS) is 3. The molecular weight excluding hydrogens is 1060 g/mol. The molecule has 17 heteroatoms. The zero-order chi connectivity index (χ0) is 60.7. The molecule has 17 nitrogen and oxygen atoms in total. The van der Waals surface area contributed by atoms with Crippen molar-refractivity contribution in [2.24, 2.45) is 0 Å². The Hall–Kier alpha value is -9.12. The molecule has 0 bridgehead atoms. The number of carbonyl (C=O) groups excluding carboxylic acids is 5. The highest BCUT2D eigenvalue weighted by Crippen LogP contribution is 2.43. The van der Waals surface area contributed by atoms with Gasteiger partial charge in [0.1, 0.15) is 23.0 Å². The standard InChI is InChI=1S/C66H70O17/c1-9-11-13-21-27-41-33-49(53(59(68)69)45(56(41)67)28-22-14-12-10-2)65(77)82-57-42(31-39-23-17-15-18-24-39)34-50(54(60(70)71)48(57)32-40-25-19-16-20-26-40)66(78)83-58-46(37(3)4)36-51(55(61(72)73)52(58)38(5)6)64(76)81-43-29-30-44(62(74)79-7)47(35-43)63(75)80-8/h15-20,23-26,29-30,33-38,67H,9-14,21-22,27-28,31-32H2,1-8H3,(H,68,69)(H,70,71)(H,72,73). The first-order chi connectivity index (χ1) is 39.7. The highest BCUT2D eigenvalue weighted by atomic mass is 16.6. The number of aryl methyl sites for hydroxylation is 1. The quantitative estimate of drug-likeness (QED) is 0.0212. The Labute approximate surface area is 482 Å². The van der Waals surface area contributed by atoms with E-state index in [0.29, 0.717) is 36.0 Å². The van der Waals surface area contributed by atoms with Gasteiger partial charge < -0.3 is 44.1 Å². The number of esters is 5. The Bertz CT molecular complexity index is 3410. The van der Waals surface area contributed by atoms with Gasteiger partial charge in [-0.25, -0.2) is 38.4 Å². The van der Waals surface area contributed by atoms with Gasteiger partial charge >= 0.3 is 47.8 Å². The molecule has 0 fully saturated rings. The van der Waals surface area contributed by atoms with E-state index in [2.05, 4.69) is 6.92 Å². The van der Waals surface area contributed by atoms with Gasteiger partial charge in [-0.1, -0.05) is 141 Å². The Kier molecular flexibility index (Phi) is 22.1. The lowest BCUT2D eigenvalue weighted by molar-refractivity contribution is 0.0554. The fourth-order valence-electron chi connectivity index (χ4n) is 10.1. The Morgan fingerprint density at radius 2 is 0.928 bits per heavy atom. The molecule has 0 aliphatic heterocycles. The summed E-state index contributed by atoms with van der Waals surface area (Å²) < 4.78 is 27.9. The van der Waals surface area contributed by atoms with Gasteiger partial charge in [0, 0.05) is 35.1 Å². The average Bonchev–Trinajstić information content (AvgIpc) is 3.65. The van der Waals surface area contributed by atoms with Crippen molar-refractivity contribution in [3.63, 3.8) is 0 Å². The summed E-state index contributed by atoms with van der Waals surface area (Å²) in [5, 5.41) is 44.9. The number of aromatic carboxylic acids is 3. The van der Waals surface area contributed by atoms with E-state index in [1.807, 2.05) is 6.92 Å². The van der Waals surface area contributed by atoms with Crippen LogP contribution in [0, 0.1) is 0 Å². The van der Waals surface area contributed by atoms with Crippen LogP contribution in [0.5, 0.6) is 23.0 Å². The highest BCUT2D eigenvalue weighted by Gasteiger charge is 2.36. The number of ether oxygens (including phenoxy) is 5. The zero-order valence-corrected chi connectivity index (χ0v) is 48.0. The largest absolute Gasteiger partial charge is 0.507 e. The number of aromatic hydroxyl groups is 1. The van der Waals surface area contributed by atoms with Crippen molar-refractivity contribution in [1.82, 2.24) is 0 Å². The number of carboxylic acids is 3. The second-order valence-electron chi connectivity index (χ2n) is 20.7. The normalized spacial score (nSPS) is 11.1. The predicted molar refractivity (Wildman–Crippen MR) is 308 cm³/mol. The SMILES string of the molecule is CCCCCCc1cc(C(=O)Oc2c(Cc3ccccc3)cc(C(=O)Oc3c(C(C)C)cc(C(=O)Oc4ccc(C(=O)OC)c(C(=O)OC)c4)c(C(=O)O)c3C(C)C)c(C(=O)O)c2Cc2ccccc2)c(C(=O)O)c(CCCCCC)c1O. The average molecular weight is 1140 g/mol. The third kappa shape index (κ3) is 15.1. The van der Waals surface area contributed by atoms with E-state index in [1.165, 1.54) is 30.3 Å². The molecule has 6 aromatic carbocycles. The second-order valence-corrected chi connectivity index (χ2v) is 20.7. The number of benzene rings is 6. The van der Waals surface area contributed by atoms with E-state index in [4.69, 9.17) is 23.7 Å². The van der Waals surface area contributed by atoms with Crippen LogP contribution in [0.25, 0.3) is 0 Å². The molecule has 0 heterocycles. The third-order valence-corrected chi connectivity index (χ3v) is 14.2. The number of unbranched alkanes of at least 4 members (excludes halogenated alkanes) is 6. The minimum Gasteiger partial charge on any atom is -0.507 e. The molecule has 0 spiro atoms. The fraction of sp³-hybridized carbons (Fsp3) is 0.333. The summed E-state index contributed by atoms with van der Waals surface area (Å²) in [5.74, 6) is -12.6. The van der Waals surface area contributed by atoms with Crippen molar-refractivity contribution in [3.8, 4) is 23.0 Å². The summed E-state index contributed by atoms with van der Waals surface area (Å²) in [6.07, 6.45) is 6.51. The summed E-state index contributed by atoms with van der Waals surface area (Å²) in [7, 11) is 2.18. The van der Waals surface area contributed by atoms with Crippen molar-refractivity contribution in [1.29, 1.82) is 0 Å². The van der Waals surface area contributed by atoms with Crippen LogP contribution in [0.15, 0.2) is 97.1 Å². The summed E-state index contributed by atoms with van der Waals surface area (Å²) in [6.45, 7) is 10.7. The van der Waals surface area contributed by atoms with Gasteiger partial charge in [0.25, 0.3) is 0 Å². The van der Waals surface area contributed by atoms with Gasteiger partial charge in [0.05, 0.1) is 58.7 Å². The van der Waals surface area contributed by atoms with Crippen LogP contribution in [-0.2, 0) is 35.2 Å². The molecule has 0 unspecified atom stereocenters. The molecule has 0 saturated carbocycles. The molecule has 0 aromatic heterocycles. The summed E-state index contributed by atoms with van der Waals surface area (Å²) in [5.41, 5.74) is -1.96. The Morgan fingerprint density at radius 3 is 1.45 bits per heavy atom. The van der Waals surface area contributed by atoms with Crippen LogP contribution in [0.2, 0.25) is 0 Å². The maximum Gasteiger partial charge on any atom is 0.344 e. The van der Waals surface area contributed by atoms with Crippen LogP contribution >= 0.6 is 0 Å². The lowest BCUT2D eigenvalue weighted by Crippen LogP contribution is -2.24. The number of carbonyl (C=O) groups is 8. The smallest absolute Gasteiger partial charge is 0.344 e. The molecule has 6 aromatic rings. The maximum absolute atomic E-state index is 15.3. The third-order valence-electron chi connectivity index (χ3n) is 14.2. The first-order valence-electron chi connectivity index (χ1n) is 27.7. The summed E-state index contributed by atoms with van der Waals surface area (Å²) >= 11 is 0. The summed E-state index contributed by atoms with van der Waals surface area (Å²) in [6, 6.07) is 24.6. The lowest BCUT2D eigenvalue weighted by Gasteiger charge is -2.24. The van der Waals surface area contributed by atoms with Crippen molar-refractivity contribution in [2.75, 3.05) is 14.2 Å². The zero-order valence-electron chi connectivity index (χ0n) is 48.0. The monoisotopic (exact) mass is 1130 g/mol. The molecule has 0 radical (unpaired) electrons. The minimum absolute atomic E-state index is 0.0703. The van der Waals surface area contributed by atoms with Crippen LogP contribution in [-0.4, -0.2) is 82.4 Å². The molecule has 436 valence electrons. The van der Waals surface area contributed by atoms with Crippen LogP contribution in [0.3, 0.4) is 0 Å². The van der Waals surface area contributed by atoms with E-state index in [1.54, 1.807) is 88.4 Å². The van der Waals surface area contributed by atoms with Crippen molar-refractivity contribution in [2.45, 2.75) is 130 Å². The molecule has 0 amide bonds. The Morgan fingerprint density at radius 1 is 0.446 bits per heavy atom. The van der Waals surface area contributed by atoms with E-state index in [0.717, 1.165) is 58.8 Å². The predicted octanol–water partition coefficient (Wildman–Crippen LogP) is 13.4. The van der Waals surface area contributed by atoms with Crippen LogP contribution in [0.1, 0.15) is 232 Å². The number of hydrogen-bond donors (Lipinski definition) is 4. The van der Waals surface area contributed by atoms with E-state index >= 15 is 9.59 Å². The van der Waals surface area contributed by atoms with Gasteiger partial charge in [-0.15, -0.1) is 0 Å². The van der Waals surface area contributed by atoms with Gasteiger partial charge in [0.15, 0.2) is 0 Å². The van der Waals surface area contributed by atoms with Crippen LogP contribution < -0.4 is 14.2 Å². The fourth-order valence-corrected chi connectivity index (χ4v) is 10.1. The van der Waals surface area contributed by atoms with Gasteiger partial charge in [-0.05, 0) is 96.2 Å². The highest BCUT2D eigenvalue weighted by molar-refractivity contribution is 6.09. The Balaban J connectivity index is 1.59. The first kappa shape index (κ1) is 63.1. The van der Waals surface area contributed by atoms with Gasteiger partial charge in [-0.2, -0.15) is 0 Å². The first-order valence-corrected chi connectivity index (χ1v) is 27.7. The van der Waals surface area contributed by atoms with Gasteiger partial charge in [-0.3, -0.25) is 0 Å². The number of rotatable bonds is 27. The lowest BCUT2D eigenvalue weighted by atomic mass is 9.86. The van der Waals surface area contributed by atoms with Crippen LogP contribution in [0.4, 0.5) is 0 Å². The van der Waals surface area contributed by atoms with E-state index in [-0.39, 0.29) is 86.8 Å². The van der Waals surface area contributed by atoms with Crippen molar-refractivity contribution < 1.29 is 82.5 Å². The molecule has 83 heavy (non-hydrogen) atoms. The van der Waals surface area contributed by atoms with Crippen molar-refractivity contribution >= 4 is 47.8 Å². The topological polar surface area (TPSA) is 264 Å². The maximum atomic E-state index is 15.3. The number of hydrogen-bond acceptors (Lipinski definition) is 14. The second kappa shape index (κ2) is 29.0. The number of methoxy groups -OCH3 is 2. The molecule has 0 atom stereocenters. The number of phenolic OH excluding ortho intramolecular Hbond substituents is 1. The molecule has 4 N–H and O–H groups in total. The minimum atomic E-state index is -1.64. The molecule has 0 saturated heterocycles. The molecular formula is C66H70O17.